The quantitative estimate of drug-likeness (QED) is 0.803. The van der Waals surface area contributed by atoms with Crippen LogP contribution in [-0.4, -0.2) is 50.3 Å². The van der Waals surface area contributed by atoms with Gasteiger partial charge in [0.05, 0.1) is 17.9 Å². The summed E-state index contributed by atoms with van der Waals surface area (Å²) >= 11 is 1.32. The first-order valence-corrected chi connectivity index (χ1v) is 8.68. The van der Waals surface area contributed by atoms with Crippen molar-refractivity contribution < 1.29 is 14.0 Å². The zero-order valence-electron chi connectivity index (χ0n) is 13.3. The van der Waals surface area contributed by atoms with Crippen LogP contribution in [0, 0.1) is 5.92 Å². The second kappa shape index (κ2) is 7.08. The number of rotatable bonds is 5. The molecule has 2 aromatic heterocycles. The predicted molar refractivity (Wildman–Crippen MR) is 87.9 cm³/mol. The molecule has 0 radical (unpaired) electrons. The van der Waals surface area contributed by atoms with Crippen molar-refractivity contribution in [2.45, 2.75) is 18.0 Å². The molecule has 24 heavy (non-hydrogen) atoms. The van der Waals surface area contributed by atoms with Gasteiger partial charge in [-0.2, -0.15) is 0 Å². The molecule has 0 saturated carbocycles. The molecule has 3 rings (SSSR count). The van der Waals surface area contributed by atoms with E-state index in [1.54, 1.807) is 27.9 Å². The van der Waals surface area contributed by atoms with Gasteiger partial charge in [0.1, 0.15) is 0 Å². The van der Waals surface area contributed by atoms with Gasteiger partial charge in [-0.25, -0.2) is 0 Å². The van der Waals surface area contributed by atoms with Crippen molar-refractivity contribution in [3.05, 3.63) is 18.4 Å². The minimum absolute atomic E-state index is 0.0199. The lowest BCUT2D eigenvalue weighted by Gasteiger charge is -2.31. The monoisotopic (exact) mass is 349 g/mol. The van der Waals surface area contributed by atoms with E-state index in [2.05, 4.69) is 10.2 Å². The Balaban J connectivity index is 1.60. The van der Waals surface area contributed by atoms with Gasteiger partial charge >= 0.3 is 0 Å². The van der Waals surface area contributed by atoms with E-state index < -0.39 is 0 Å². The highest BCUT2D eigenvalue weighted by Crippen LogP contribution is 2.24. The summed E-state index contributed by atoms with van der Waals surface area (Å²) in [7, 11) is 1.83. The van der Waals surface area contributed by atoms with Crippen molar-refractivity contribution in [3.8, 4) is 11.6 Å². The van der Waals surface area contributed by atoms with E-state index in [9.17, 15) is 9.59 Å². The lowest BCUT2D eigenvalue weighted by Crippen LogP contribution is -2.44. The highest BCUT2D eigenvalue weighted by Gasteiger charge is 2.27. The summed E-state index contributed by atoms with van der Waals surface area (Å²) in [5.74, 6) is 0.888. The number of piperidine rings is 1. The summed E-state index contributed by atoms with van der Waals surface area (Å²) in [6, 6.07) is 3.59. The normalized spacial score (nSPS) is 17.9. The van der Waals surface area contributed by atoms with E-state index in [-0.39, 0.29) is 23.5 Å². The van der Waals surface area contributed by atoms with Gasteiger partial charge in [0.15, 0.2) is 16.7 Å². The first-order chi connectivity index (χ1) is 11.6. The SMILES string of the molecule is Cn1c(SCC(=O)N2CCC[C@H](C(N)=O)C2)nnc1-c1ccco1. The van der Waals surface area contributed by atoms with Crippen LogP contribution in [0.2, 0.25) is 0 Å². The van der Waals surface area contributed by atoms with Crippen molar-refractivity contribution in [1.82, 2.24) is 19.7 Å². The molecule has 1 fully saturated rings. The standard InChI is InChI=1S/C15H19N5O3S/c1-19-14(11-5-3-7-23-11)17-18-15(19)24-9-12(21)20-6-2-4-10(8-20)13(16)22/h3,5,7,10H,2,4,6,8-9H2,1H3,(H2,16,22)/t10-/m0/s1. The van der Waals surface area contributed by atoms with Gasteiger partial charge in [0, 0.05) is 20.1 Å². The van der Waals surface area contributed by atoms with E-state index in [0.717, 1.165) is 12.8 Å². The second-order valence-corrected chi connectivity index (χ2v) is 6.65. The number of hydrogen-bond donors (Lipinski definition) is 1. The molecule has 1 atom stereocenters. The highest BCUT2D eigenvalue weighted by atomic mass is 32.2. The molecule has 0 unspecified atom stereocenters. The Labute approximate surface area is 143 Å². The van der Waals surface area contributed by atoms with Crippen LogP contribution in [0.1, 0.15) is 12.8 Å². The number of furan rings is 1. The molecule has 2 aromatic rings. The maximum Gasteiger partial charge on any atom is 0.233 e. The molecule has 1 aliphatic rings. The molecule has 0 spiro atoms. The number of carbonyl (C=O) groups is 2. The number of aromatic nitrogens is 3. The third-order valence-electron chi connectivity index (χ3n) is 4.08. The van der Waals surface area contributed by atoms with Gasteiger partial charge < -0.3 is 19.6 Å². The van der Waals surface area contributed by atoms with E-state index in [1.807, 2.05) is 7.05 Å². The molecule has 0 aliphatic carbocycles. The fraction of sp³-hybridized carbons (Fsp3) is 0.467. The number of likely N-dealkylation sites (tertiary alicyclic amines) is 1. The smallest absolute Gasteiger partial charge is 0.233 e. The molecule has 2 N–H and O–H groups in total. The van der Waals surface area contributed by atoms with Gasteiger partial charge in [-0.3, -0.25) is 9.59 Å². The lowest BCUT2D eigenvalue weighted by atomic mass is 9.97. The molecule has 9 heteroatoms. The van der Waals surface area contributed by atoms with Crippen molar-refractivity contribution in [2.75, 3.05) is 18.8 Å². The summed E-state index contributed by atoms with van der Waals surface area (Å²) in [5, 5.41) is 8.84. The van der Waals surface area contributed by atoms with E-state index in [0.29, 0.717) is 29.8 Å². The summed E-state index contributed by atoms with van der Waals surface area (Å²) in [6.07, 6.45) is 3.13. The van der Waals surface area contributed by atoms with Crippen molar-refractivity contribution in [3.63, 3.8) is 0 Å². The number of primary amides is 1. The molecular weight excluding hydrogens is 330 g/mol. The summed E-state index contributed by atoms with van der Waals surface area (Å²) in [5.41, 5.74) is 5.35. The Kier molecular flexibility index (Phi) is 4.89. The maximum atomic E-state index is 12.4. The zero-order valence-corrected chi connectivity index (χ0v) is 14.2. The summed E-state index contributed by atoms with van der Waals surface area (Å²) in [4.78, 5) is 25.4. The van der Waals surface area contributed by atoms with Crippen molar-refractivity contribution >= 4 is 23.6 Å². The average Bonchev–Trinajstić information content (AvgIpc) is 3.22. The maximum absolute atomic E-state index is 12.4. The Bertz CT molecular complexity index is 728. The molecule has 0 bridgehead atoms. The molecule has 1 aliphatic heterocycles. The predicted octanol–water partition coefficient (Wildman–Crippen LogP) is 0.891. The van der Waals surface area contributed by atoms with E-state index in [1.165, 1.54) is 11.8 Å². The number of carbonyl (C=O) groups excluding carboxylic acids is 2. The molecule has 3 heterocycles. The van der Waals surface area contributed by atoms with Crippen LogP contribution < -0.4 is 5.73 Å². The fourth-order valence-electron chi connectivity index (χ4n) is 2.71. The number of hydrogen-bond acceptors (Lipinski definition) is 6. The summed E-state index contributed by atoms with van der Waals surface area (Å²) in [6.45, 7) is 1.07. The van der Waals surface area contributed by atoms with Gasteiger partial charge in [-0.05, 0) is 25.0 Å². The number of amides is 2. The first kappa shape index (κ1) is 16.6. The van der Waals surface area contributed by atoms with Crippen LogP contribution >= 0.6 is 11.8 Å². The topological polar surface area (TPSA) is 107 Å². The van der Waals surface area contributed by atoms with Crippen LogP contribution in [0.15, 0.2) is 28.0 Å². The fourth-order valence-corrected chi connectivity index (χ4v) is 3.53. The largest absolute Gasteiger partial charge is 0.461 e. The van der Waals surface area contributed by atoms with Gasteiger partial charge in [0.2, 0.25) is 11.8 Å². The Morgan fingerprint density at radius 1 is 1.46 bits per heavy atom. The number of nitrogens with zero attached hydrogens (tertiary/aromatic N) is 4. The van der Waals surface area contributed by atoms with E-state index >= 15 is 0 Å². The molecule has 1 saturated heterocycles. The number of thioether (sulfide) groups is 1. The zero-order chi connectivity index (χ0) is 17.1. The van der Waals surface area contributed by atoms with Gasteiger partial charge in [-0.1, -0.05) is 11.8 Å². The van der Waals surface area contributed by atoms with Crippen LogP contribution in [0.4, 0.5) is 0 Å². The second-order valence-electron chi connectivity index (χ2n) is 5.71. The molecule has 128 valence electrons. The molecule has 0 aromatic carbocycles. The van der Waals surface area contributed by atoms with E-state index in [4.69, 9.17) is 10.2 Å². The Morgan fingerprint density at radius 2 is 2.29 bits per heavy atom. The van der Waals surface area contributed by atoms with Crippen molar-refractivity contribution in [1.29, 1.82) is 0 Å². The van der Waals surface area contributed by atoms with Gasteiger partial charge in [0.25, 0.3) is 0 Å². The third-order valence-corrected chi connectivity index (χ3v) is 5.08. The van der Waals surface area contributed by atoms with Crippen LogP contribution in [-0.2, 0) is 16.6 Å². The average molecular weight is 349 g/mol. The van der Waals surface area contributed by atoms with Crippen molar-refractivity contribution in [2.24, 2.45) is 18.7 Å². The van der Waals surface area contributed by atoms with Crippen LogP contribution in [0.3, 0.4) is 0 Å². The Morgan fingerprint density at radius 3 is 3.00 bits per heavy atom. The number of nitrogens with two attached hydrogens (primary N) is 1. The Hall–Kier alpha value is -2.29. The minimum atomic E-state index is -0.337. The molecule has 2 amide bonds. The first-order valence-electron chi connectivity index (χ1n) is 7.69. The molecule has 8 nitrogen and oxygen atoms in total. The van der Waals surface area contributed by atoms with Crippen LogP contribution in [0.5, 0.6) is 0 Å². The highest BCUT2D eigenvalue weighted by molar-refractivity contribution is 7.99. The lowest BCUT2D eigenvalue weighted by molar-refractivity contribution is -0.132. The van der Waals surface area contributed by atoms with Gasteiger partial charge in [-0.15, -0.1) is 10.2 Å². The molecular formula is C15H19N5O3S. The minimum Gasteiger partial charge on any atom is -0.461 e. The third kappa shape index (κ3) is 3.45. The van der Waals surface area contributed by atoms with Crippen LogP contribution in [0.25, 0.3) is 11.6 Å². The summed E-state index contributed by atoms with van der Waals surface area (Å²) < 4.78 is 7.11.